The largest absolute Gasteiger partial charge is 0.240 e. The van der Waals surface area contributed by atoms with Crippen LogP contribution in [0.25, 0.3) is 0 Å². The third kappa shape index (κ3) is 1.88. The first-order chi connectivity index (χ1) is 5.25. The number of isocyanates is 1. The summed E-state index contributed by atoms with van der Waals surface area (Å²) in [6.07, 6.45) is 1.52. The Kier molecular flexibility index (Phi) is 2.79. The smallest absolute Gasteiger partial charge is 0.211 e. The minimum atomic E-state index is 0.701. The normalized spacial score (nSPS) is 8.91. The molecule has 56 valence electrons. The molecule has 0 saturated carbocycles. The molecule has 0 N–H and O–H groups in total. The van der Waals surface area contributed by atoms with Gasteiger partial charge in [0.2, 0.25) is 6.08 Å². The maximum Gasteiger partial charge on any atom is 0.240 e. The molecule has 0 spiro atoms. The molecule has 0 aliphatic carbocycles. The van der Waals surface area contributed by atoms with E-state index in [1.165, 1.54) is 6.08 Å². The maximum atomic E-state index is 9.94. The number of benzene rings is 1. The van der Waals surface area contributed by atoms with Crippen molar-refractivity contribution in [3.05, 3.63) is 27.3 Å². The van der Waals surface area contributed by atoms with Gasteiger partial charge in [-0.1, -0.05) is 6.07 Å². The minimum absolute atomic E-state index is 0.701. The van der Waals surface area contributed by atoms with Gasteiger partial charge in [-0.25, -0.2) is 4.79 Å². The molecule has 3 heteroatoms. The molecule has 0 unspecified atom stereocenters. The molecule has 0 aliphatic heterocycles. The lowest BCUT2D eigenvalue weighted by Crippen LogP contribution is -1.78. The number of carbonyl (C=O) groups excluding carboxylic acids is 1. The zero-order valence-electron chi connectivity index (χ0n) is 5.97. The standard InChI is InChI=1S/C8H6INO/c1-6-7(9)3-2-4-8(6)10-5-11/h2-4H,1H3. The van der Waals surface area contributed by atoms with Crippen LogP contribution in [0.3, 0.4) is 0 Å². The van der Waals surface area contributed by atoms with Gasteiger partial charge in [0.25, 0.3) is 0 Å². The Balaban J connectivity index is 3.26. The van der Waals surface area contributed by atoms with Crippen molar-refractivity contribution in [1.29, 1.82) is 0 Å². The Morgan fingerprint density at radius 3 is 2.91 bits per heavy atom. The van der Waals surface area contributed by atoms with E-state index in [2.05, 4.69) is 27.6 Å². The van der Waals surface area contributed by atoms with Gasteiger partial charge in [-0.05, 0) is 47.2 Å². The number of halogens is 1. The zero-order valence-corrected chi connectivity index (χ0v) is 8.12. The molecule has 2 nitrogen and oxygen atoms in total. The molecule has 0 heterocycles. The summed E-state index contributed by atoms with van der Waals surface area (Å²) in [6.45, 7) is 1.93. The highest BCUT2D eigenvalue weighted by Gasteiger charge is 1.98. The van der Waals surface area contributed by atoms with Crippen LogP contribution in [0.1, 0.15) is 5.56 Å². The van der Waals surface area contributed by atoms with E-state index in [1.54, 1.807) is 6.07 Å². The first kappa shape index (κ1) is 8.43. The quantitative estimate of drug-likeness (QED) is 0.433. The van der Waals surface area contributed by atoms with E-state index in [4.69, 9.17) is 0 Å². The van der Waals surface area contributed by atoms with E-state index in [0.717, 1.165) is 9.13 Å². The van der Waals surface area contributed by atoms with Crippen molar-refractivity contribution in [3.63, 3.8) is 0 Å². The minimum Gasteiger partial charge on any atom is -0.211 e. The topological polar surface area (TPSA) is 29.4 Å². The van der Waals surface area contributed by atoms with Crippen LogP contribution in [0.5, 0.6) is 0 Å². The molecule has 0 bridgehead atoms. The molecule has 0 radical (unpaired) electrons. The molecule has 0 aromatic heterocycles. The maximum absolute atomic E-state index is 9.94. The molecule has 11 heavy (non-hydrogen) atoms. The number of rotatable bonds is 1. The number of hydrogen-bond acceptors (Lipinski definition) is 2. The Morgan fingerprint density at radius 1 is 1.55 bits per heavy atom. The molecule has 0 fully saturated rings. The third-order valence-electron chi connectivity index (χ3n) is 1.41. The molecule has 1 rings (SSSR count). The summed E-state index contributed by atoms with van der Waals surface area (Å²) < 4.78 is 1.11. The molecule has 1 aromatic rings. The van der Waals surface area contributed by atoms with Crippen molar-refractivity contribution in [2.75, 3.05) is 0 Å². The lowest BCUT2D eigenvalue weighted by atomic mass is 10.2. The molecule has 1 aromatic carbocycles. The van der Waals surface area contributed by atoms with E-state index < -0.39 is 0 Å². The van der Waals surface area contributed by atoms with Crippen molar-refractivity contribution >= 4 is 34.4 Å². The van der Waals surface area contributed by atoms with Gasteiger partial charge in [-0.2, -0.15) is 4.99 Å². The molecule has 0 saturated heterocycles. The average molecular weight is 259 g/mol. The Bertz CT molecular complexity index is 316. The Labute approximate surface area is 78.5 Å². The van der Waals surface area contributed by atoms with Gasteiger partial charge in [0.15, 0.2) is 0 Å². The predicted molar refractivity (Wildman–Crippen MR) is 51.7 cm³/mol. The monoisotopic (exact) mass is 259 g/mol. The van der Waals surface area contributed by atoms with Gasteiger partial charge in [0.1, 0.15) is 0 Å². The number of nitrogens with zero attached hydrogens (tertiary/aromatic N) is 1. The molecule has 0 atom stereocenters. The van der Waals surface area contributed by atoms with Crippen molar-refractivity contribution in [3.8, 4) is 0 Å². The second-order valence-electron chi connectivity index (χ2n) is 2.09. The van der Waals surface area contributed by atoms with Crippen molar-refractivity contribution in [2.45, 2.75) is 6.92 Å². The van der Waals surface area contributed by atoms with E-state index in [0.29, 0.717) is 5.69 Å². The summed E-state index contributed by atoms with van der Waals surface area (Å²) in [5.41, 5.74) is 1.73. The van der Waals surface area contributed by atoms with Crippen LogP contribution in [0.4, 0.5) is 5.69 Å². The Morgan fingerprint density at radius 2 is 2.27 bits per heavy atom. The first-order valence-electron chi connectivity index (χ1n) is 3.08. The van der Waals surface area contributed by atoms with E-state index in [9.17, 15) is 4.79 Å². The van der Waals surface area contributed by atoms with Crippen molar-refractivity contribution in [1.82, 2.24) is 0 Å². The lowest BCUT2D eigenvalue weighted by Gasteiger charge is -1.98. The van der Waals surface area contributed by atoms with Crippen molar-refractivity contribution < 1.29 is 4.79 Å². The summed E-state index contributed by atoms with van der Waals surface area (Å²) in [6, 6.07) is 5.63. The summed E-state index contributed by atoms with van der Waals surface area (Å²) in [5.74, 6) is 0. The predicted octanol–water partition coefficient (Wildman–Crippen LogP) is 2.57. The van der Waals surface area contributed by atoms with Gasteiger partial charge >= 0.3 is 0 Å². The van der Waals surface area contributed by atoms with Crippen molar-refractivity contribution in [2.24, 2.45) is 4.99 Å². The highest BCUT2D eigenvalue weighted by Crippen LogP contribution is 2.22. The van der Waals surface area contributed by atoms with Gasteiger partial charge in [-0.15, -0.1) is 0 Å². The van der Waals surface area contributed by atoms with Gasteiger partial charge < -0.3 is 0 Å². The summed E-state index contributed by atoms with van der Waals surface area (Å²) in [7, 11) is 0. The van der Waals surface area contributed by atoms with E-state index in [1.807, 2.05) is 19.1 Å². The van der Waals surface area contributed by atoms with Crippen LogP contribution < -0.4 is 0 Å². The number of aliphatic imine (C=N–C) groups is 1. The van der Waals surface area contributed by atoms with Crippen LogP contribution in [-0.2, 0) is 4.79 Å². The highest BCUT2D eigenvalue weighted by atomic mass is 127. The van der Waals surface area contributed by atoms with Crippen LogP contribution in [0, 0.1) is 10.5 Å². The third-order valence-corrected chi connectivity index (χ3v) is 2.57. The van der Waals surface area contributed by atoms with Gasteiger partial charge in [0, 0.05) is 3.57 Å². The average Bonchev–Trinajstić information content (AvgIpc) is 1.99. The molecule has 0 aliphatic rings. The fourth-order valence-electron chi connectivity index (χ4n) is 0.766. The lowest BCUT2D eigenvalue weighted by molar-refractivity contribution is 0.565. The SMILES string of the molecule is Cc1c(I)cccc1N=C=O. The second-order valence-corrected chi connectivity index (χ2v) is 3.25. The molecular formula is C8H6INO. The molecular weight excluding hydrogens is 253 g/mol. The summed E-state index contributed by atoms with van der Waals surface area (Å²) >= 11 is 2.20. The van der Waals surface area contributed by atoms with Crippen LogP contribution >= 0.6 is 22.6 Å². The van der Waals surface area contributed by atoms with Gasteiger partial charge in [0.05, 0.1) is 5.69 Å². The first-order valence-corrected chi connectivity index (χ1v) is 4.16. The fraction of sp³-hybridized carbons (Fsp3) is 0.125. The summed E-state index contributed by atoms with van der Waals surface area (Å²) in [4.78, 5) is 13.5. The fourth-order valence-corrected chi connectivity index (χ4v) is 1.25. The second kappa shape index (κ2) is 3.64. The van der Waals surface area contributed by atoms with Crippen LogP contribution in [0.2, 0.25) is 0 Å². The van der Waals surface area contributed by atoms with Gasteiger partial charge in [-0.3, -0.25) is 0 Å². The van der Waals surface area contributed by atoms with E-state index >= 15 is 0 Å². The Hall–Kier alpha value is -0.670. The zero-order chi connectivity index (χ0) is 8.27. The summed E-state index contributed by atoms with van der Waals surface area (Å²) in [5, 5.41) is 0. The molecule has 0 amide bonds. The highest BCUT2D eigenvalue weighted by molar-refractivity contribution is 14.1. The van der Waals surface area contributed by atoms with Crippen LogP contribution in [-0.4, -0.2) is 6.08 Å². The van der Waals surface area contributed by atoms with E-state index in [-0.39, 0.29) is 0 Å². The number of hydrogen-bond donors (Lipinski definition) is 0. The van der Waals surface area contributed by atoms with Crippen LogP contribution in [0.15, 0.2) is 23.2 Å².